The summed E-state index contributed by atoms with van der Waals surface area (Å²) in [6, 6.07) is 13.7. The number of rotatable bonds is 7. The monoisotopic (exact) mass is 416 g/mol. The highest BCUT2D eigenvalue weighted by atomic mass is 32.2. The summed E-state index contributed by atoms with van der Waals surface area (Å²) in [5.41, 5.74) is 2.21. The Morgan fingerprint density at radius 1 is 1.17 bits per heavy atom. The normalized spacial score (nSPS) is 20.6. The molecule has 3 rings (SSSR count). The highest BCUT2D eigenvalue weighted by Gasteiger charge is 2.41. The largest absolute Gasteiger partial charge is 0.495 e. The van der Waals surface area contributed by atoms with Crippen LogP contribution in [0.3, 0.4) is 0 Å². The third kappa shape index (κ3) is 4.22. The van der Waals surface area contributed by atoms with Crippen LogP contribution in [0.5, 0.6) is 5.75 Å². The minimum absolute atomic E-state index is 0.162. The first kappa shape index (κ1) is 21.5. The molecule has 0 aliphatic carbocycles. The van der Waals surface area contributed by atoms with Crippen LogP contribution < -0.4 is 15.0 Å². The van der Waals surface area contributed by atoms with Crippen LogP contribution in [-0.2, 0) is 9.84 Å². The molecule has 158 valence electrons. The average molecular weight is 417 g/mol. The van der Waals surface area contributed by atoms with Crippen molar-refractivity contribution < 1.29 is 13.2 Å². The third-order valence-electron chi connectivity index (χ3n) is 6.04. The Labute approximate surface area is 175 Å². The van der Waals surface area contributed by atoms with E-state index in [2.05, 4.69) is 24.1 Å². The number of hydrogen-bond donors (Lipinski definition) is 1. The summed E-state index contributed by atoms with van der Waals surface area (Å²) in [4.78, 5) is 2.53. The van der Waals surface area contributed by atoms with Crippen molar-refractivity contribution in [2.24, 2.45) is 5.41 Å². The van der Waals surface area contributed by atoms with Crippen molar-refractivity contribution in [1.29, 1.82) is 0 Å². The molecule has 1 atom stereocenters. The van der Waals surface area contributed by atoms with Crippen molar-refractivity contribution in [3.8, 4) is 5.75 Å². The van der Waals surface area contributed by atoms with Gasteiger partial charge in [-0.05, 0) is 31.0 Å². The van der Waals surface area contributed by atoms with Gasteiger partial charge in [-0.25, -0.2) is 8.42 Å². The predicted molar refractivity (Wildman–Crippen MR) is 120 cm³/mol. The van der Waals surface area contributed by atoms with Gasteiger partial charge in [-0.2, -0.15) is 0 Å². The molecule has 0 spiro atoms. The lowest BCUT2D eigenvalue weighted by molar-refractivity contribution is 0.290. The van der Waals surface area contributed by atoms with Crippen LogP contribution >= 0.6 is 0 Å². The summed E-state index contributed by atoms with van der Waals surface area (Å²) < 4.78 is 32.6. The van der Waals surface area contributed by atoms with Crippen LogP contribution in [0.25, 0.3) is 0 Å². The molecule has 1 aliphatic rings. The zero-order valence-electron chi connectivity index (χ0n) is 17.9. The van der Waals surface area contributed by atoms with E-state index in [4.69, 9.17) is 4.74 Å². The summed E-state index contributed by atoms with van der Waals surface area (Å²) in [5.74, 6) is 0.704. The Kier molecular flexibility index (Phi) is 6.42. The lowest BCUT2D eigenvalue weighted by Gasteiger charge is -2.36. The van der Waals surface area contributed by atoms with Crippen LogP contribution in [-0.4, -0.2) is 34.9 Å². The van der Waals surface area contributed by atoms with Crippen molar-refractivity contribution in [3.05, 3.63) is 42.5 Å². The molecule has 1 N–H and O–H groups in total. The highest BCUT2D eigenvalue weighted by molar-refractivity contribution is 7.91. The maximum absolute atomic E-state index is 13.6. The topological polar surface area (TPSA) is 58.6 Å². The Bertz CT molecular complexity index is 944. The van der Waals surface area contributed by atoms with Gasteiger partial charge in [-0.3, -0.25) is 0 Å². The van der Waals surface area contributed by atoms with E-state index in [0.29, 0.717) is 22.9 Å². The molecule has 0 amide bonds. The van der Waals surface area contributed by atoms with Crippen molar-refractivity contribution >= 4 is 26.9 Å². The molecular weight excluding hydrogens is 384 g/mol. The van der Waals surface area contributed by atoms with E-state index in [-0.39, 0.29) is 11.2 Å². The predicted octanol–water partition coefficient (Wildman–Crippen LogP) is 5.25. The summed E-state index contributed by atoms with van der Waals surface area (Å²) in [6.07, 6.45) is 3.79. The van der Waals surface area contributed by atoms with Crippen LogP contribution in [0.15, 0.2) is 47.4 Å². The van der Waals surface area contributed by atoms with E-state index in [1.54, 1.807) is 13.2 Å². The van der Waals surface area contributed by atoms with Gasteiger partial charge in [0.15, 0.2) is 9.84 Å². The van der Waals surface area contributed by atoms with Gasteiger partial charge in [-0.1, -0.05) is 44.9 Å². The molecule has 2 aromatic rings. The van der Waals surface area contributed by atoms with Gasteiger partial charge in [0.1, 0.15) is 5.75 Å². The van der Waals surface area contributed by atoms with Gasteiger partial charge in [0, 0.05) is 30.8 Å². The number of nitrogens with one attached hydrogen (secondary N) is 1. The number of hydrogen-bond acceptors (Lipinski definition) is 5. The molecule has 0 fully saturated rings. The van der Waals surface area contributed by atoms with Gasteiger partial charge >= 0.3 is 0 Å². The average Bonchev–Trinajstić information content (AvgIpc) is 2.84. The van der Waals surface area contributed by atoms with Gasteiger partial charge in [0.2, 0.25) is 0 Å². The Morgan fingerprint density at radius 3 is 2.48 bits per heavy atom. The van der Waals surface area contributed by atoms with Crippen LogP contribution in [0, 0.1) is 5.41 Å². The Balaban J connectivity index is 2.27. The first-order chi connectivity index (χ1) is 13.9. The summed E-state index contributed by atoms with van der Waals surface area (Å²) in [7, 11) is -0.0893. The number of fused-ring (bicyclic) bond motifs is 1. The van der Waals surface area contributed by atoms with Crippen molar-refractivity contribution in [1.82, 2.24) is 0 Å². The Hall–Kier alpha value is -2.21. The zero-order chi connectivity index (χ0) is 21.1. The SMILES string of the molecule is CCCCC1(CC)CN(c2ccccc2)c2cc(NC)c(OC)cc2S(=O)(=O)C1. The van der Waals surface area contributed by atoms with Gasteiger partial charge in [-0.15, -0.1) is 0 Å². The number of anilines is 3. The standard InChI is InChI=1S/C23H32N2O3S/c1-5-7-13-23(6-2)16-25(18-11-9-8-10-12-18)20-14-19(24-3)21(28-4)15-22(20)29(26,27)17-23/h8-12,14-15,24H,5-7,13,16-17H2,1-4H3. The molecule has 1 aliphatic heterocycles. The number of unbranched alkanes of at least 4 members (excludes halogenated alkanes) is 1. The minimum Gasteiger partial charge on any atom is -0.495 e. The smallest absolute Gasteiger partial charge is 0.181 e. The molecule has 29 heavy (non-hydrogen) atoms. The van der Waals surface area contributed by atoms with E-state index in [1.807, 2.05) is 43.4 Å². The maximum atomic E-state index is 13.6. The highest BCUT2D eigenvalue weighted by Crippen LogP contribution is 2.46. The zero-order valence-corrected chi connectivity index (χ0v) is 18.7. The number of ether oxygens (including phenoxy) is 1. The molecule has 5 nitrogen and oxygen atoms in total. The number of nitrogens with zero attached hydrogens (tertiary/aromatic N) is 1. The molecule has 0 radical (unpaired) electrons. The fourth-order valence-electron chi connectivity index (χ4n) is 4.25. The van der Waals surface area contributed by atoms with E-state index in [0.717, 1.165) is 37.1 Å². The summed E-state index contributed by atoms with van der Waals surface area (Å²) in [5, 5.41) is 3.14. The number of sulfone groups is 1. The number of benzene rings is 2. The van der Waals surface area contributed by atoms with Crippen LogP contribution in [0.1, 0.15) is 39.5 Å². The lowest BCUT2D eigenvalue weighted by atomic mass is 9.81. The molecule has 0 aromatic heterocycles. The molecule has 0 saturated carbocycles. The number of para-hydroxylation sites is 1. The Morgan fingerprint density at radius 2 is 1.90 bits per heavy atom. The molecule has 1 heterocycles. The van der Waals surface area contributed by atoms with E-state index < -0.39 is 9.84 Å². The third-order valence-corrected chi connectivity index (χ3v) is 8.03. The molecule has 2 aromatic carbocycles. The second-order valence-corrected chi connectivity index (χ2v) is 9.87. The summed E-state index contributed by atoms with van der Waals surface area (Å²) in [6.45, 7) is 4.95. The van der Waals surface area contributed by atoms with Crippen LogP contribution in [0.4, 0.5) is 17.1 Å². The van der Waals surface area contributed by atoms with E-state index in [9.17, 15) is 8.42 Å². The van der Waals surface area contributed by atoms with E-state index in [1.165, 1.54) is 0 Å². The summed E-state index contributed by atoms with van der Waals surface area (Å²) >= 11 is 0. The first-order valence-corrected chi connectivity index (χ1v) is 12.0. The second kappa shape index (κ2) is 8.66. The molecule has 1 unspecified atom stereocenters. The van der Waals surface area contributed by atoms with Crippen LogP contribution in [0.2, 0.25) is 0 Å². The van der Waals surface area contributed by atoms with Gasteiger partial charge in [0.05, 0.1) is 29.1 Å². The quantitative estimate of drug-likeness (QED) is 0.668. The van der Waals surface area contributed by atoms with Crippen molar-refractivity contribution in [2.45, 2.75) is 44.4 Å². The van der Waals surface area contributed by atoms with Crippen molar-refractivity contribution in [3.63, 3.8) is 0 Å². The van der Waals surface area contributed by atoms with Gasteiger partial charge < -0.3 is 15.0 Å². The lowest BCUT2D eigenvalue weighted by Crippen LogP contribution is -2.37. The molecular formula is C23H32N2O3S. The molecule has 6 heteroatoms. The second-order valence-electron chi connectivity index (χ2n) is 7.91. The van der Waals surface area contributed by atoms with E-state index >= 15 is 0 Å². The molecule has 0 saturated heterocycles. The fraction of sp³-hybridized carbons (Fsp3) is 0.478. The van der Waals surface area contributed by atoms with Gasteiger partial charge in [0.25, 0.3) is 0 Å². The number of methoxy groups -OCH3 is 1. The first-order valence-electron chi connectivity index (χ1n) is 10.3. The fourth-order valence-corrected chi connectivity index (χ4v) is 6.43. The molecule has 0 bridgehead atoms. The minimum atomic E-state index is -3.48. The maximum Gasteiger partial charge on any atom is 0.181 e. The van der Waals surface area contributed by atoms with Crippen molar-refractivity contribution in [2.75, 3.05) is 36.7 Å².